The summed E-state index contributed by atoms with van der Waals surface area (Å²) in [4.78, 5) is 18.8. The third kappa shape index (κ3) is 4.45. The normalized spacial score (nSPS) is 10.3. The number of aromatic nitrogens is 2. The second kappa shape index (κ2) is 7.62. The number of nitrogens with one attached hydrogen (secondary N) is 2. The van der Waals surface area contributed by atoms with Gasteiger partial charge in [0.25, 0.3) is 5.56 Å². The molecule has 0 aliphatic carbocycles. The van der Waals surface area contributed by atoms with Crippen LogP contribution in [0.5, 0.6) is 0 Å². The smallest absolute Gasteiger partial charge is 0.251 e. The van der Waals surface area contributed by atoms with Gasteiger partial charge in [-0.1, -0.05) is 24.8 Å². The van der Waals surface area contributed by atoms with Crippen LogP contribution in [-0.2, 0) is 6.54 Å². The molecule has 2 N–H and O–H groups in total. The highest BCUT2D eigenvalue weighted by molar-refractivity contribution is 7.99. The van der Waals surface area contributed by atoms with Gasteiger partial charge in [0.05, 0.1) is 5.56 Å². The van der Waals surface area contributed by atoms with Gasteiger partial charge in [0.1, 0.15) is 6.07 Å². The van der Waals surface area contributed by atoms with Crippen molar-refractivity contribution in [2.45, 2.75) is 29.9 Å². The van der Waals surface area contributed by atoms with Crippen LogP contribution in [0.3, 0.4) is 0 Å². The van der Waals surface area contributed by atoms with Gasteiger partial charge in [-0.05, 0) is 30.7 Å². The standard InChI is InChI=1S/C15H16N4OS/c1-2-6-17-10-11-3-4-13(12(8-11)9-16)21-15-18-7-5-14(20)19-15/h3-5,7-8,17H,2,6,10H2,1H3,(H,18,19,20). The number of benzene rings is 1. The number of hydrogen-bond acceptors (Lipinski definition) is 5. The molecule has 0 saturated heterocycles. The maximum absolute atomic E-state index is 11.3. The molecule has 6 heteroatoms. The number of nitrogens with zero attached hydrogens (tertiary/aromatic N) is 2. The van der Waals surface area contributed by atoms with Crippen LogP contribution < -0.4 is 10.9 Å². The number of hydrogen-bond donors (Lipinski definition) is 2. The van der Waals surface area contributed by atoms with Crippen LogP contribution in [0.4, 0.5) is 0 Å². The predicted molar refractivity (Wildman–Crippen MR) is 82.1 cm³/mol. The first-order valence-corrected chi connectivity index (χ1v) is 7.51. The first-order chi connectivity index (χ1) is 10.2. The van der Waals surface area contributed by atoms with Gasteiger partial charge >= 0.3 is 0 Å². The van der Waals surface area contributed by atoms with E-state index < -0.39 is 0 Å². The maximum atomic E-state index is 11.3. The van der Waals surface area contributed by atoms with Crippen molar-refractivity contribution in [2.24, 2.45) is 0 Å². The Kier molecular flexibility index (Phi) is 5.55. The molecule has 5 nitrogen and oxygen atoms in total. The summed E-state index contributed by atoms with van der Waals surface area (Å²) in [5.74, 6) is 0. The molecule has 1 aromatic carbocycles. The molecule has 21 heavy (non-hydrogen) atoms. The Hall–Kier alpha value is -2.10. The fraction of sp³-hybridized carbons (Fsp3) is 0.267. The Morgan fingerprint density at radius 3 is 3.00 bits per heavy atom. The minimum atomic E-state index is -0.202. The highest BCUT2D eigenvalue weighted by Gasteiger charge is 2.07. The van der Waals surface area contributed by atoms with Crippen molar-refractivity contribution < 1.29 is 0 Å². The van der Waals surface area contributed by atoms with E-state index in [4.69, 9.17) is 0 Å². The van der Waals surface area contributed by atoms with Crippen LogP contribution in [0, 0.1) is 11.3 Å². The van der Waals surface area contributed by atoms with E-state index in [0.29, 0.717) is 10.7 Å². The van der Waals surface area contributed by atoms with Crippen molar-refractivity contribution in [1.82, 2.24) is 15.3 Å². The SMILES string of the molecule is CCCNCc1ccc(Sc2nccc(=O)[nH]2)c(C#N)c1. The largest absolute Gasteiger partial charge is 0.313 e. The van der Waals surface area contributed by atoms with Crippen molar-refractivity contribution >= 4 is 11.8 Å². The zero-order chi connectivity index (χ0) is 15.1. The second-order valence-electron chi connectivity index (χ2n) is 4.46. The van der Waals surface area contributed by atoms with E-state index in [-0.39, 0.29) is 5.56 Å². The number of aromatic amines is 1. The molecule has 108 valence electrons. The minimum absolute atomic E-state index is 0.202. The van der Waals surface area contributed by atoms with Crippen molar-refractivity contribution in [3.8, 4) is 6.07 Å². The summed E-state index contributed by atoms with van der Waals surface area (Å²) in [5, 5.41) is 13.1. The fourth-order valence-corrected chi connectivity index (χ4v) is 2.61. The molecule has 0 bridgehead atoms. The molecule has 0 atom stereocenters. The van der Waals surface area contributed by atoms with Crippen LogP contribution in [0.1, 0.15) is 24.5 Å². The summed E-state index contributed by atoms with van der Waals surface area (Å²) in [7, 11) is 0. The molecule has 0 saturated carbocycles. The number of rotatable bonds is 6. The summed E-state index contributed by atoms with van der Waals surface area (Å²) in [6, 6.07) is 9.29. The molecule has 0 fully saturated rings. The van der Waals surface area contributed by atoms with Crippen LogP contribution in [0.25, 0.3) is 0 Å². The third-order valence-electron chi connectivity index (χ3n) is 2.77. The number of nitriles is 1. The van der Waals surface area contributed by atoms with Crippen molar-refractivity contribution in [2.75, 3.05) is 6.54 Å². The molecular formula is C15H16N4OS. The van der Waals surface area contributed by atoms with E-state index in [2.05, 4.69) is 28.3 Å². The lowest BCUT2D eigenvalue weighted by atomic mass is 10.1. The molecule has 1 aromatic heterocycles. The Morgan fingerprint density at radius 2 is 2.29 bits per heavy atom. The average molecular weight is 300 g/mol. The van der Waals surface area contributed by atoms with Crippen molar-refractivity contribution in [3.05, 3.63) is 51.9 Å². The Morgan fingerprint density at radius 1 is 1.43 bits per heavy atom. The third-order valence-corrected chi connectivity index (χ3v) is 3.75. The van der Waals surface area contributed by atoms with E-state index >= 15 is 0 Å². The minimum Gasteiger partial charge on any atom is -0.313 e. The zero-order valence-electron chi connectivity index (χ0n) is 11.7. The highest BCUT2D eigenvalue weighted by Crippen LogP contribution is 2.27. The Labute approximate surface area is 127 Å². The van der Waals surface area contributed by atoms with E-state index in [0.717, 1.165) is 30.0 Å². The van der Waals surface area contributed by atoms with Crippen LogP contribution >= 0.6 is 11.8 Å². The second-order valence-corrected chi connectivity index (χ2v) is 5.49. The molecule has 1 heterocycles. The highest BCUT2D eigenvalue weighted by atomic mass is 32.2. The summed E-state index contributed by atoms with van der Waals surface area (Å²) in [6.45, 7) is 3.81. The van der Waals surface area contributed by atoms with Crippen LogP contribution in [0.2, 0.25) is 0 Å². The topological polar surface area (TPSA) is 81.6 Å². The first kappa shape index (κ1) is 15.3. The molecule has 0 aliphatic heterocycles. The average Bonchev–Trinajstić information content (AvgIpc) is 2.49. The summed E-state index contributed by atoms with van der Waals surface area (Å²) in [5.41, 5.74) is 1.45. The van der Waals surface area contributed by atoms with Crippen LogP contribution in [-0.4, -0.2) is 16.5 Å². The van der Waals surface area contributed by atoms with Gasteiger partial charge in [-0.3, -0.25) is 4.79 Å². The van der Waals surface area contributed by atoms with E-state index in [1.54, 1.807) is 0 Å². The molecule has 0 spiro atoms. The molecule has 0 aliphatic rings. The van der Waals surface area contributed by atoms with Crippen molar-refractivity contribution in [1.29, 1.82) is 5.26 Å². The predicted octanol–water partition coefficient (Wildman–Crippen LogP) is 2.29. The molecule has 0 radical (unpaired) electrons. The van der Waals surface area contributed by atoms with Gasteiger partial charge in [0.15, 0.2) is 5.16 Å². The van der Waals surface area contributed by atoms with E-state index in [1.807, 2.05) is 18.2 Å². The molecular weight excluding hydrogens is 284 g/mol. The molecule has 2 rings (SSSR count). The zero-order valence-corrected chi connectivity index (χ0v) is 12.5. The summed E-state index contributed by atoms with van der Waals surface area (Å²) >= 11 is 1.28. The van der Waals surface area contributed by atoms with Gasteiger partial charge in [-0.15, -0.1) is 0 Å². The molecule has 0 amide bonds. The van der Waals surface area contributed by atoms with Gasteiger partial charge in [-0.25, -0.2) is 4.98 Å². The quantitative estimate of drug-likeness (QED) is 0.632. The fourth-order valence-electron chi connectivity index (χ4n) is 1.78. The lowest BCUT2D eigenvalue weighted by Gasteiger charge is -2.07. The van der Waals surface area contributed by atoms with Crippen LogP contribution in [0.15, 0.2) is 45.3 Å². The Balaban J connectivity index is 2.17. The summed E-state index contributed by atoms with van der Waals surface area (Å²) in [6.07, 6.45) is 2.53. The van der Waals surface area contributed by atoms with Gasteiger partial charge in [0.2, 0.25) is 0 Å². The van der Waals surface area contributed by atoms with Crippen molar-refractivity contribution in [3.63, 3.8) is 0 Å². The Bertz CT molecular complexity index is 705. The lowest BCUT2D eigenvalue weighted by molar-refractivity contribution is 0.675. The molecule has 0 unspecified atom stereocenters. The lowest BCUT2D eigenvalue weighted by Crippen LogP contribution is -2.13. The van der Waals surface area contributed by atoms with Gasteiger partial charge in [0, 0.05) is 23.7 Å². The number of H-pyrrole nitrogens is 1. The molecule has 2 aromatic rings. The van der Waals surface area contributed by atoms with E-state index in [1.165, 1.54) is 24.0 Å². The summed E-state index contributed by atoms with van der Waals surface area (Å²) < 4.78 is 0. The maximum Gasteiger partial charge on any atom is 0.251 e. The van der Waals surface area contributed by atoms with E-state index in [9.17, 15) is 10.1 Å². The monoisotopic (exact) mass is 300 g/mol. The first-order valence-electron chi connectivity index (χ1n) is 6.70. The van der Waals surface area contributed by atoms with Gasteiger partial charge < -0.3 is 10.3 Å². The van der Waals surface area contributed by atoms with Gasteiger partial charge in [-0.2, -0.15) is 5.26 Å².